The van der Waals surface area contributed by atoms with Gasteiger partial charge in [-0.2, -0.15) is 0 Å². The highest BCUT2D eigenvalue weighted by Gasteiger charge is 2.69. The van der Waals surface area contributed by atoms with Crippen molar-refractivity contribution in [2.24, 2.45) is 5.41 Å². The Morgan fingerprint density at radius 3 is 2.33 bits per heavy atom. The fourth-order valence-electron chi connectivity index (χ4n) is 6.80. The number of sulfonamides is 1. The lowest BCUT2D eigenvalue weighted by Gasteiger charge is -2.69. The molecule has 8 rings (SSSR count). The summed E-state index contributed by atoms with van der Waals surface area (Å²) in [6.45, 7) is 0.0721. The molecule has 3 heterocycles. The van der Waals surface area contributed by atoms with E-state index in [-0.39, 0.29) is 52.2 Å². The van der Waals surface area contributed by atoms with Crippen LogP contribution in [0.15, 0.2) is 53.6 Å². The monoisotopic (exact) mass is 691 g/mol. The standard InChI is InChI=1S/C30H28F3N5O5S3/c31-19-4-2-5-20(32)26(19)46(42,43)38-21-6-1-3-18(23(21)33)24-25(44-27(37-24)30-13-29(14-30,15-30)16-39)22-7-10-34-28(36-22)35-17-8-11-45(40,41)12-9-17/h1-7,10,17,38-39H,8-9,11-16H2,(H,34,35,36). The van der Waals surface area contributed by atoms with Gasteiger partial charge in [0.15, 0.2) is 10.7 Å². The molecule has 46 heavy (non-hydrogen) atoms. The predicted molar refractivity (Wildman–Crippen MR) is 166 cm³/mol. The first kappa shape index (κ1) is 31.0. The Kier molecular flexibility index (Phi) is 7.41. The Balaban J connectivity index is 1.26. The van der Waals surface area contributed by atoms with Gasteiger partial charge in [0.2, 0.25) is 5.95 Å². The average Bonchev–Trinajstić information content (AvgIpc) is 3.39. The molecule has 0 amide bonds. The van der Waals surface area contributed by atoms with E-state index in [9.17, 15) is 30.7 Å². The van der Waals surface area contributed by atoms with E-state index in [4.69, 9.17) is 4.98 Å². The van der Waals surface area contributed by atoms with Gasteiger partial charge in [0.1, 0.15) is 26.5 Å². The summed E-state index contributed by atoms with van der Waals surface area (Å²) in [6, 6.07) is 8.08. The molecule has 242 valence electrons. The van der Waals surface area contributed by atoms with Crippen LogP contribution in [0.2, 0.25) is 0 Å². The van der Waals surface area contributed by atoms with Gasteiger partial charge in [-0.3, -0.25) is 4.72 Å². The Labute approximate surface area is 267 Å². The summed E-state index contributed by atoms with van der Waals surface area (Å²) < 4.78 is 96.5. The zero-order chi connectivity index (χ0) is 32.5. The molecule has 2 aromatic heterocycles. The largest absolute Gasteiger partial charge is 0.396 e. The van der Waals surface area contributed by atoms with Crippen molar-refractivity contribution in [2.45, 2.75) is 48.5 Å². The van der Waals surface area contributed by atoms with Gasteiger partial charge in [-0.05, 0) is 67.9 Å². The number of anilines is 2. The van der Waals surface area contributed by atoms with Crippen molar-refractivity contribution in [2.75, 3.05) is 28.2 Å². The number of hydrogen-bond donors (Lipinski definition) is 3. The number of aliphatic hydroxyl groups is 1. The van der Waals surface area contributed by atoms with Crippen LogP contribution < -0.4 is 10.0 Å². The average molecular weight is 692 g/mol. The van der Waals surface area contributed by atoms with Crippen molar-refractivity contribution < 1.29 is 35.1 Å². The van der Waals surface area contributed by atoms with Crippen LogP contribution >= 0.6 is 11.3 Å². The molecule has 0 unspecified atom stereocenters. The first-order valence-electron chi connectivity index (χ1n) is 14.5. The lowest BCUT2D eigenvalue weighted by molar-refractivity contribution is -0.167. The summed E-state index contributed by atoms with van der Waals surface area (Å²) in [7, 11) is -7.91. The molecular weight excluding hydrogens is 664 g/mol. The highest BCUT2D eigenvalue weighted by Crippen LogP contribution is 2.74. The van der Waals surface area contributed by atoms with Gasteiger partial charge in [-0.1, -0.05) is 12.1 Å². The summed E-state index contributed by atoms with van der Waals surface area (Å²) in [5, 5.41) is 13.7. The summed E-state index contributed by atoms with van der Waals surface area (Å²) in [4.78, 5) is 13.1. The summed E-state index contributed by atoms with van der Waals surface area (Å²) in [5.41, 5.74) is -0.353. The topological polar surface area (TPSA) is 151 Å². The van der Waals surface area contributed by atoms with E-state index in [2.05, 4.69) is 15.3 Å². The number of halogens is 3. The predicted octanol–water partition coefficient (Wildman–Crippen LogP) is 4.89. The molecule has 3 saturated carbocycles. The zero-order valence-electron chi connectivity index (χ0n) is 24.1. The molecule has 4 fully saturated rings. The number of rotatable bonds is 9. The van der Waals surface area contributed by atoms with Gasteiger partial charge in [0, 0.05) is 29.8 Å². The van der Waals surface area contributed by atoms with Gasteiger partial charge in [0.05, 0.1) is 33.5 Å². The van der Waals surface area contributed by atoms with Gasteiger partial charge < -0.3 is 10.4 Å². The number of thiazole rings is 1. The van der Waals surface area contributed by atoms with E-state index in [0.717, 1.165) is 48.5 Å². The van der Waals surface area contributed by atoms with Crippen molar-refractivity contribution in [3.63, 3.8) is 0 Å². The van der Waals surface area contributed by atoms with Crippen molar-refractivity contribution >= 4 is 42.8 Å². The van der Waals surface area contributed by atoms with E-state index in [1.165, 1.54) is 29.7 Å². The lowest BCUT2D eigenvalue weighted by Crippen LogP contribution is -2.66. The van der Waals surface area contributed by atoms with Crippen molar-refractivity contribution in [3.05, 3.63) is 71.1 Å². The number of hydrogen-bond acceptors (Lipinski definition) is 10. The van der Waals surface area contributed by atoms with Crippen LogP contribution in [-0.2, 0) is 25.3 Å². The summed E-state index contributed by atoms with van der Waals surface area (Å²) in [6.07, 6.45) is 4.55. The Morgan fingerprint density at radius 1 is 0.978 bits per heavy atom. The second-order valence-corrected chi connectivity index (χ2v) is 17.2. The highest BCUT2D eigenvalue weighted by molar-refractivity contribution is 7.92. The first-order chi connectivity index (χ1) is 21.8. The SMILES string of the molecule is O=S1(=O)CCC(Nc2nccc(-c3sc(C45CC(CO)(C4)C5)nc3-c3cccc(NS(=O)(=O)c4c(F)cccc4F)c3F)n2)CC1. The van der Waals surface area contributed by atoms with Crippen LogP contribution in [0.4, 0.5) is 24.8 Å². The summed E-state index contributed by atoms with van der Waals surface area (Å²) in [5.74, 6) is -3.25. The van der Waals surface area contributed by atoms with Crippen molar-refractivity contribution in [3.8, 4) is 21.8 Å². The molecule has 10 nitrogen and oxygen atoms in total. The maximum absolute atomic E-state index is 16.2. The molecule has 2 aromatic carbocycles. The third-order valence-corrected chi connectivity index (χ3v) is 13.5. The molecule has 16 heteroatoms. The molecule has 1 saturated heterocycles. The van der Waals surface area contributed by atoms with Gasteiger partial charge in [-0.15, -0.1) is 11.3 Å². The highest BCUT2D eigenvalue weighted by atomic mass is 32.2. The fourth-order valence-corrected chi connectivity index (χ4v) is 10.7. The van der Waals surface area contributed by atoms with Crippen molar-refractivity contribution in [1.82, 2.24) is 15.0 Å². The second kappa shape index (κ2) is 11.0. The van der Waals surface area contributed by atoms with Crippen LogP contribution in [0, 0.1) is 22.9 Å². The van der Waals surface area contributed by atoms with E-state index >= 15 is 4.39 Å². The molecule has 0 atom stereocenters. The maximum Gasteiger partial charge on any atom is 0.267 e. The van der Waals surface area contributed by atoms with Gasteiger partial charge >= 0.3 is 0 Å². The smallest absolute Gasteiger partial charge is 0.267 e. The molecule has 2 bridgehead atoms. The van der Waals surface area contributed by atoms with E-state index in [1.54, 1.807) is 6.07 Å². The second-order valence-electron chi connectivity index (χ2n) is 12.3. The number of aliphatic hydroxyl groups excluding tert-OH is 1. The minimum Gasteiger partial charge on any atom is -0.396 e. The Morgan fingerprint density at radius 2 is 1.65 bits per heavy atom. The lowest BCUT2D eigenvalue weighted by atomic mass is 9.35. The molecule has 3 aliphatic carbocycles. The van der Waals surface area contributed by atoms with E-state index in [1.807, 2.05) is 4.72 Å². The molecule has 0 spiro atoms. The van der Waals surface area contributed by atoms with E-state index < -0.39 is 47.9 Å². The molecule has 4 aliphatic rings. The molecule has 4 aromatic rings. The quantitative estimate of drug-likeness (QED) is 0.223. The van der Waals surface area contributed by atoms with Crippen LogP contribution in [0.25, 0.3) is 21.8 Å². The normalized spacial score (nSPS) is 23.7. The van der Waals surface area contributed by atoms with Crippen LogP contribution in [-0.4, -0.2) is 61.0 Å². The number of benzene rings is 2. The molecular formula is C30H28F3N5O5S3. The Bertz CT molecular complexity index is 2040. The zero-order valence-corrected chi connectivity index (χ0v) is 26.6. The van der Waals surface area contributed by atoms with Crippen LogP contribution in [0.5, 0.6) is 0 Å². The van der Waals surface area contributed by atoms with Gasteiger partial charge in [0.25, 0.3) is 10.0 Å². The van der Waals surface area contributed by atoms with Gasteiger partial charge in [-0.25, -0.2) is 45.0 Å². The van der Waals surface area contributed by atoms with Crippen LogP contribution in [0.1, 0.15) is 37.1 Å². The van der Waals surface area contributed by atoms with E-state index in [0.29, 0.717) is 23.4 Å². The van der Waals surface area contributed by atoms with Crippen LogP contribution in [0.3, 0.4) is 0 Å². The molecule has 0 radical (unpaired) electrons. The molecule has 1 aliphatic heterocycles. The van der Waals surface area contributed by atoms with Crippen molar-refractivity contribution in [1.29, 1.82) is 0 Å². The minimum absolute atomic E-state index is 0.0548. The maximum atomic E-state index is 16.2. The minimum atomic E-state index is -4.85. The summed E-state index contributed by atoms with van der Waals surface area (Å²) >= 11 is 1.33. The Hall–Kier alpha value is -3.60. The first-order valence-corrected chi connectivity index (χ1v) is 18.6. The third-order valence-electron chi connectivity index (χ3n) is 9.02. The number of aromatic nitrogens is 3. The third kappa shape index (κ3) is 5.34. The fraction of sp³-hybridized carbons (Fsp3) is 0.367. The number of nitrogens with zero attached hydrogens (tertiary/aromatic N) is 3. The molecule has 3 N–H and O–H groups in total. The number of nitrogens with one attached hydrogen (secondary N) is 2. The number of sulfone groups is 1.